The lowest BCUT2D eigenvalue weighted by atomic mass is 9.73. The summed E-state index contributed by atoms with van der Waals surface area (Å²) in [6, 6.07) is 1.91. The average molecular weight is 507 g/mol. The van der Waals surface area contributed by atoms with Gasteiger partial charge in [-0.3, -0.25) is 0 Å². The van der Waals surface area contributed by atoms with E-state index in [1.807, 2.05) is 13.0 Å². The molecule has 0 unspecified atom stereocenters. The summed E-state index contributed by atoms with van der Waals surface area (Å²) >= 11 is 8.05. The summed E-state index contributed by atoms with van der Waals surface area (Å²) in [4.78, 5) is 18.9. The van der Waals surface area contributed by atoms with Crippen LogP contribution < -0.4 is 15.5 Å². The molecule has 3 fully saturated rings. The summed E-state index contributed by atoms with van der Waals surface area (Å²) in [7, 11) is 0. The van der Waals surface area contributed by atoms with Crippen LogP contribution in [0.15, 0.2) is 28.4 Å². The maximum Gasteiger partial charge on any atom is 0.152 e. The molecule has 5 rings (SSSR count). The number of pyridine rings is 1. The number of halogens is 1. The van der Waals surface area contributed by atoms with E-state index in [0.717, 1.165) is 49.7 Å². The van der Waals surface area contributed by atoms with Gasteiger partial charge < -0.3 is 30.5 Å². The Morgan fingerprint density at radius 1 is 1.21 bits per heavy atom. The first-order valence-corrected chi connectivity index (χ1v) is 12.9. The van der Waals surface area contributed by atoms with Crippen molar-refractivity contribution < 1.29 is 14.9 Å². The van der Waals surface area contributed by atoms with Gasteiger partial charge in [0.15, 0.2) is 5.82 Å². The summed E-state index contributed by atoms with van der Waals surface area (Å²) < 4.78 is 5.83. The molecule has 4 N–H and O–H groups in total. The van der Waals surface area contributed by atoms with Crippen molar-refractivity contribution in [2.24, 2.45) is 17.1 Å². The van der Waals surface area contributed by atoms with Crippen LogP contribution in [0.4, 0.5) is 11.6 Å². The number of aromatic nitrogens is 3. The maximum atomic E-state index is 10.0. The van der Waals surface area contributed by atoms with E-state index in [0.29, 0.717) is 28.2 Å². The molecule has 0 amide bonds. The van der Waals surface area contributed by atoms with Crippen LogP contribution in [0.1, 0.15) is 25.5 Å². The van der Waals surface area contributed by atoms with E-state index in [1.165, 1.54) is 11.8 Å². The van der Waals surface area contributed by atoms with Crippen LogP contribution in [0.25, 0.3) is 0 Å². The summed E-state index contributed by atoms with van der Waals surface area (Å²) in [5.74, 6) is 1.71. The minimum atomic E-state index is -0.191. The highest BCUT2D eigenvalue weighted by Crippen LogP contribution is 2.43. The summed E-state index contributed by atoms with van der Waals surface area (Å²) in [6.45, 7) is 5.84. The molecular formula is C23H31ClN6O3S. The van der Waals surface area contributed by atoms with Crippen molar-refractivity contribution in [2.45, 2.75) is 48.4 Å². The fraction of sp³-hybridized carbons (Fsp3) is 0.609. The van der Waals surface area contributed by atoms with Crippen molar-refractivity contribution in [3.05, 3.63) is 29.2 Å². The first kappa shape index (κ1) is 24.0. The van der Waals surface area contributed by atoms with Gasteiger partial charge in [0.25, 0.3) is 0 Å². The third-order valence-electron chi connectivity index (χ3n) is 7.42. The van der Waals surface area contributed by atoms with Gasteiger partial charge in [-0.2, -0.15) is 0 Å². The predicted octanol–water partition coefficient (Wildman–Crippen LogP) is 1.93. The van der Waals surface area contributed by atoms with Crippen LogP contribution in [-0.2, 0) is 11.3 Å². The molecule has 34 heavy (non-hydrogen) atoms. The van der Waals surface area contributed by atoms with E-state index >= 15 is 0 Å². The highest BCUT2D eigenvalue weighted by atomic mass is 35.5. The Balaban J connectivity index is 1.29. The fourth-order valence-electron chi connectivity index (χ4n) is 5.14. The molecule has 3 aliphatic rings. The molecule has 2 aromatic rings. The molecule has 11 heteroatoms. The first-order valence-electron chi connectivity index (χ1n) is 11.7. The molecule has 3 saturated heterocycles. The molecule has 2 atom stereocenters. The topological polar surface area (TPSA) is 121 Å². The van der Waals surface area contributed by atoms with Crippen molar-refractivity contribution in [1.29, 1.82) is 0 Å². The molecule has 0 aliphatic carbocycles. The van der Waals surface area contributed by atoms with E-state index in [1.54, 1.807) is 12.4 Å². The molecule has 5 heterocycles. The van der Waals surface area contributed by atoms with Gasteiger partial charge in [-0.1, -0.05) is 23.4 Å². The van der Waals surface area contributed by atoms with E-state index < -0.39 is 0 Å². The Morgan fingerprint density at radius 3 is 2.62 bits per heavy atom. The van der Waals surface area contributed by atoms with Gasteiger partial charge in [0.05, 0.1) is 30.5 Å². The number of anilines is 2. The third kappa shape index (κ3) is 4.36. The molecule has 9 nitrogen and oxygen atoms in total. The van der Waals surface area contributed by atoms with Crippen molar-refractivity contribution in [3.63, 3.8) is 0 Å². The molecule has 0 radical (unpaired) electrons. The van der Waals surface area contributed by atoms with E-state index in [9.17, 15) is 10.2 Å². The molecular weight excluding hydrogens is 476 g/mol. The van der Waals surface area contributed by atoms with Gasteiger partial charge in [0.2, 0.25) is 0 Å². The number of aliphatic hydroxyl groups is 2. The zero-order valence-electron chi connectivity index (χ0n) is 19.2. The molecule has 0 bridgehead atoms. The van der Waals surface area contributed by atoms with Gasteiger partial charge in [-0.15, -0.1) is 0 Å². The lowest BCUT2D eigenvalue weighted by Crippen LogP contribution is -2.51. The molecule has 1 spiro atoms. The quantitative estimate of drug-likeness (QED) is 0.535. The fourth-order valence-corrected chi connectivity index (χ4v) is 6.29. The van der Waals surface area contributed by atoms with E-state index in [-0.39, 0.29) is 36.7 Å². The minimum Gasteiger partial charge on any atom is -0.396 e. The van der Waals surface area contributed by atoms with Gasteiger partial charge in [0, 0.05) is 61.3 Å². The number of ether oxygens (including phenoxy) is 1. The molecule has 0 aromatic carbocycles. The van der Waals surface area contributed by atoms with Crippen LogP contribution in [0.5, 0.6) is 0 Å². The summed E-state index contributed by atoms with van der Waals surface area (Å²) in [6.07, 6.45) is 5.42. The number of nitrogens with zero attached hydrogens (tertiary/aromatic N) is 5. The lowest BCUT2D eigenvalue weighted by Gasteiger charge is -2.41. The van der Waals surface area contributed by atoms with Crippen molar-refractivity contribution in [1.82, 2.24) is 15.0 Å². The number of hydrogen-bond donors (Lipinski definition) is 3. The second-order valence-electron chi connectivity index (χ2n) is 9.53. The van der Waals surface area contributed by atoms with Crippen LogP contribution in [0.3, 0.4) is 0 Å². The Bertz CT molecular complexity index is 1030. The second kappa shape index (κ2) is 9.75. The molecule has 2 aromatic heterocycles. The molecule has 3 aliphatic heterocycles. The molecule has 184 valence electrons. The molecule has 0 saturated carbocycles. The Labute approximate surface area is 208 Å². The number of aliphatic hydroxyl groups excluding tert-OH is 2. The summed E-state index contributed by atoms with van der Waals surface area (Å²) in [5, 5.41) is 20.5. The van der Waals surface area contributed by atoms with Gasteiger partial charge in [-0.05, 0) is 25.8 Å². The van der Waals surface area contributed by atoms with Crippen LogP contribution in [-0.4, -0.2) is 76.7 Å². The highest BCUT2D eigenvalue weighted by Gasteiger charge is 2.47. The Morgan fingerprint density at radius 2 is 1.97 bits per heavy atom. The zero-order chi connectivity index (χ0) is 23.9. The third-order valence-corrected chi connectivity index (χ3v) is 8.87. The van der Waals surface area contributed by atoms with Crippen molar-refractivity contribution >= 4 is 35.0 Å². The minimum absolute atomic E-state index is 0.0297. The van der Waals surface area contributed by atoms with Gasteiger partial charge in [0.1, 0.15) is 16.5 Å². The van der Waals surface area contributed by atoms with Crippen molar-refractivity contribution in [3.8, 4) is 0 Å². The number of rotatable bonds is 6. The Hall–Kier alpha value is -1.69. The smallest absolute Gasteiger partial charge is 0.152 e. The van der Waals surface area contributed by atoms with Crippen LogP contribution in [0, 0.1) is 11.3 Å². The monoisotopic (exact) mass is 506 g/mol. The van der Waals surface area contributed by atoms with E-state index in [2.05, 4.69) is 24.8 Å². The zero-order valence-corrected chi connectivity index (χ0v) is 20.8. The summed E-state index contributed by atoms with van der Waals surface area (Å²) in [5.41, 5.74) is 7.03. The SMILES string of the molecule is C[C@@H]1OCC2(CCN(c3ncc(Sc4ccnc(N5CC(CO)C5)c4Cl)nc3CO)CC2)[C@@H]1N. The van der Waals surface area contributed by atoms with Crippen LogP contribution in [0.2, 0.25) is 5.02 Å². The number of nitrogens with two attached hydrogens (primary N) is 1. The predicted molar refractivity (Wildman–Crippen MR) is 131 cm³/mol. The van der Waals surface area contributed by atoms with Crippen molar-refractivity contribution in [2.75, 3.05) is 49.2 Å². The second-order valence-corrected chi connectivity index (χ2v) is 11.0. The first-order chi connectivity index (χ1) is 16.4. The van der Waals surface area contributed by atoms with E-state index in [4.69, 9.17) is 22.1 Å². The standard InChI is InChI=1S/C23H31ClN6O3S/c1-14-20(25)23(13-33-14)3-6-29(7-4-23)21-16(12-32)28-18(8-27-21)34-17-2-5-26-22(19(17)24)30-9-15(10-30)11-31/h2,5,8,14-15,20,31-32H,3-4,6-7,9-13,25H2,1H3/t14-,20+/m0/s1. The largest absolute Gasteiger partial charge is 0.396 e. The number of piperidine rings is 1. The van der Waals surface area contributed by atoms with Crippen LogP contribution >= 0.6 is 23.4 Å². The number of hydrogen-bond acceptors (Lipinski definition) is 10. The highest BCUT2D eigenvalue weighted by molar-refractivity contribution is 7.99. The lowest BCUT2D eigenvalue weighted by molar-refractivity contribution is 0.0973. The normalized spacial score (nSPS) is 24.6. The average Bonchev–Trinajstić information content (AvgIpc) is 3.09. The Kier molecular flexibility index (Phi) is 6.89. The van der Waals surface area contributed by atoms with Gasteiger partial charge >= 0.3 is 0 Å². The van der Waals surface area contributed by atoms with Gasteiger partial charge in [-0.25, -0.2) is 15.0 Å². The maximum absolute atomic E-state index is 10.0.